The molecule has 0 amide bonds. The maximum absolute atomic E-state index is 12.0. The predicted molar refractivity (Wildman–Crippen MR) is 84.8 cm³/mol. The molecule has 0 bridgehead atoms. The number of pyridine rings is 1. The van der Waals surface area contributed by atoms with Gasteiger partial charge in [-0.05, 0) is 39.3 Å². The van der Waals surface area contributed by atoms with Crippen LogP contribution in [0.2, 0.25) is 0 Å². The van der Waals surface area contributed by atoms with E-state index in [1.54, 1.807) is 24.3 Å². The molecule has 112 valence electrons. The summed E-state index contributed by atoms with van der Waals surface area (Å²) < 4.78 is 5.10. The summed E-state index contributed by atoms with van der Waals surface area (Å²) in [6.07, 6.45) is 1.68. The van der Waals surface area contributed by atoms with Gasteiger partial charge in [-0.3, -0.25) is 4.98 Å². The molecule has 0 saturated heterocycles. The number of nitrogens with zero attached hydrogens (tertiary/aromatic N) is 2. The third-order valence-electron chi connectivity index (χ3n) is 3.10. The molecule has 2 aromatic heterocycles. The molecule has 2 aromatic rings. The molecule has 0 aliphatic carbocycles. The van der Waals surface area contributed by atoms with Crippen molar-refractivity contribution in [3.8, 4) is 11.4 Å². The first-order valence-corrected chi connectivity index (χ1v) is 7.99. The van der Waals surface area contributed by atoms with Gasteiger partial charge in [0.2, 0.25) is 0 Å². The fourth-order valence-corrected chi connectivity index (χ4v) is 3.05. The van der Waals surface area contributed by atoms with Crippen molar-refractivity contribution in [1.82, 2.24) is 9.97 Å². The van der Waals surface area contributed by atoms with Gasteiger partial charge in [0.15, 0.2) is 0 Å². The quantitative estimate of drug-likeness (QED) is 0.785. The molecule has 0 fully saturated rings. The van der Waals surface area contributed by atoms with Gasteiger partial charge in [-0.2, -0.15) is 0 Å². The Bertz CT molecular complexity index is 650. The number of hydrogen-bond acceptors (Lipinski definition) is 5. The third kappa shape index (κ3) is 3.47. The number of hydrogen-bond donors (Lipinski definition) is 0. The number of aryl methyl sites for hydroxylation is 3. The first-order valence-electron chi connectivity index (χ1n) is 7.18. The molecule has 21 heavy (non-hydrogen) atoms. The van der Waals surface area contributed by atoms with Gasteiger partial charge in [0.1, 0.15) is 5.69 Å². The summed E-state index contributed by atoms with van der Waals surface area (Å²) in [5.41, 5.74) is 3.09. The fourth-order valence-electron chi connectivity index (χ4n) is 2.22. The maximum Gasteiger partial charge on any atom is 0.339 e. The van der Waals surface area contributed by atoms with E-state index in [0.29, 0.717) is 12.2 Å². The second-order valence-corrected chi connectivity index (χ2v) is 6.21. The van der Waals surface area contributed by atoms with Crippen molar-refractivity contribution in [1.29, 1.82) is 0 Å². The maximum atomic E-state index is 12.0. The number of carbonyl (C=O) groups excluding carboxylic acids is 1. The fraction of sp³-hybridized carbons (Fsp3) is 0.438. The molecule has 0 radical (unpaired) electrons. The monoisotopic (exact) mass is 304 g/mol. The minimum atomic E-state index is -0.300. The topological polar surface area (TPSA) is 52.1 Å². The molecule has 0 aliphatic rings. The molecule has 4 nitrogen and oxygen atoms in total. The Balaban J connectivity index is 2.44. The Morgan fingerprint density at radius 2 is 2.00 bits per heavy atom. The highest BCUT2D eigenvalue weighted by atomic mass is 32.1. The number of thiazole rings is 1. The van der Waals surface area contributed by atoms with Crippen LogP contribution in [-0.2, 0) is 11.2 Å². The zero-order valence-electron chi connectivity index (χ0n) is 12.9. The van der Waals surface area contributed by atoms with Crippen molar-refractivity contribution in [3.05, 3.63) is 33.3 Å². The predicted octanol–water partition coefficient (Wildman–Crippen LogP) is 3.95. The third-order valence-corrected chi connectivity index (χ3v) is 3.99. The lowest BCUT2D eigenvalue weighted by molar-refractivity contribution is 0.0524. The van der Waals surface area contributed by atoms with Crippen LogP contribution in [0.4, 0.5) is 0 Å². The highest BCUT2D eigenvalue weighted by Crippen LogP contribution is 2.27. The highest BCUT2D eigenvalue weighted by molar-refractivity contribution is 7.11. The number of aromatic nitrogens is 2. The molecule has 2 heterocycles. The molecular weight excluding hydrogens is 284 g/mol. The summed E-state index contributed by atoms with van der Waals surface area (Å²) in [6.45, 7) is 8.28. The van der Waals surface area contributed by atoms with Crippen LogP contribution >= 0.6 is 11.3 Å². The average molecular weight is 304 g/mol. The van der Waals surface area contributed by atoms with Crippen molar-refractivity contribution in [2.75, 3.05) is 6.61 Å². The van der Waals surface area contributed by atoms with Crippen molar-refractivity contribution in [2.45, 2.75) is 40.5 Å². The Morgan fingerprint density at radius 3 is 2.57 bits per heavy atom. The second kappa shape index (κ2) is 6.80. The summed E-state index contributed by atoms with van der Waals surface area (Å²) in [4.78, 5) is 22.3. The largest absolute Gasteiger partial charge is 0.462 e. The van der Waals surface area contributed by atoms with Crippen molar-refractivity contribution in [3.63, 3.8) is 0 Å². The molecule has 2 rings (SSSR count). The Morgan fingerprint density at radius 1 is 1.24 bits per heavy atom. The van der Waals surface area contributed by atoms with Gasteiger partial charge in [-0.1, -0.05) is 13.3 Å². The van der Waals surface area contributed by atoms with E-state index < -0.39 is 0 Å². The zero-order chi connectivity index (χ0) is 15.4. The van der Waals surface area contributed by atoms with Crippen LogP contribution in [0.15, 0.2) is 12.1 Å². The molecule has 5 heteroatoms. The smallest absolute Gasteiger partial charge is 0.339 e. The van der Waals surface area contributed by atoms with Gasteiger partial charge >= 0.3 is 5.97 Å². The van der Waals surface area contributed by atoms with E-state index in [0.717, 1.165) is 39.8 Å². The van der Waals surface area contributed by atoms with Gasteiger partial charge in [-0.25, -0.2) is 9.78 Å². The minimum absolute atomic E-state index is 0.300. The van der Waals surface area contributed by atoms with E-state index in [9.17, 15) is 4.79 Å². The van der Waals surface area contributed by atoms with Crippen molar-refractivity contribution >= 4 is 17.3 Å². The minimum Gasteiger partial charge on any atom is -0.462 e. The van der Waals surface area contributed by atoms with Crippen molar-refractivity contribution < 1.29 is 9.53 Å². The summed E-state index contributed by atoms with van der Waals surface area (Å²) in [5, 5.41) is 1.02. The first kappa shape index (κ1) is 15.6. The Hall–Kier alpha value is -1.75. The molecule has 0 unspecified atom stereocenters. The molecule has 0 spiro atoms. The number of esters is 1. The van der Waals surface area contributed by atoms with Crippen LogP contribution in [-0.4, -0.2) is 22.5 Å². The van der Waals surface area contributed by atoms with E-state index in [4.69, 9.17) is 4.74 Å². The highest BCUT2D eigenvalue weighted by Gasteiger charge is 2.16. The Labute approximate surface area is 129 Å². The van der Waals surface area contributed by atoms with Crippen LogP contribution in [0.3, 0.4) is 0 Å². The molecular formula is C16H20N2O2S. The summed E-state index contributed by atoms with van der Waals surface area (Å²) in [7, 11) is 0. The second-order valence-electron chi connectivity index (χ2n) is 4.80. The lowest BCUT2D eigenvalue weighted by Crippen LogP contribution is -2.10. The van der Waals surface area contributed by atoms with Gasteiger partial charge < -0.3 is 4.74 Å². The zero-order valence-corrected chi connectivity index (χ0v) is 13.7. The van der Waals surface area contributed by atoms with Gasteiger partial charge in [0.25, 0.3) is 0 Å². The summed E-state index contributed by atoms with van der Waals surface area (Å²) in [5.74, 6) is -0.300. The average Bonchev–Trinajstić information content (AvgIpc) is 2.78. The van der Waals surface area contributed by atoms with Crippen LogP contribution in [0.5, 0.6) is 0 Å². The summed E-state index contributed by atoms with van der Waals surface area (Å²) >= 11 is 1.66. The van der Waals surface area contributed by atoms with Crippen LogP contribution in [0.1, 0.15) is 46.2 Å². The van der Waals surface area contributed by atoms with E-state index >= 15 is 0 Å². The van der Waals surface area contributed by atoms with Crippen LogP contribution in [0, 0.1) is 13.8 Å². The lowest BCUT2D eigenvalue weighted by atomic mass is 10.1. The van der Waals surface area contributed by atoms with E-state index in [1.807, 2.05) is 19.9 Å². The SMILES string of the molecule is CCCc1nc(-c2nc(C)sc2C)ccc1C(=O)OCC. The lowest BCUT2D eigenvalue weighted by Gasteiger charge is -2.09. The van der Waals surface area contributed by atoms with Crippen LogP contribution < -0.4 is 0 Å². The van der Waals surface area contributed by atoms with E-state index in [2.05, 4.69) is 16.9 Å². The molecule has 0 atom stereocenters. The van der Waals surface area contributed by atoms with Gasteiger partial charge in [0.05, 0.1) is 28.6 Å². The molecule has 0 aliphatic heterocycles. The number of ether oxygens (including phenoxy) is 1. The first-order chi connectivity index (χ1) is 10.1. The van der Waals surface area contributed by atoms with E-state index in [-0.39, 0.29) is 5.97 Å². The van der Waals surface area contributed by atoms with Gasteiger partial charge in [0, 0.05) is 4.88 Å². The summed E-state index contributed by atoms with van der Waals surface area (Å²) in [6, 6.07) is 3.66. The standard InChI is InChI=1S/C16H20N2O2S/c1-5-7-13-12(16(19)20-6-2)8-9-14(18-13)15-10(3)21-11(4)17-15/h8-9H,5-7H2,1-4H3. The number of carbonyl (C=O) groups is 1. The molecule has 0 saturated carbocycles. The molecule has 0 aromatic carbocycles. The van der Waals surface area contributed by atoms with E-state index in [1.165, 1.54) is 0 Å². The van der Waals surface area contributed by atoms with Crippen LogP contribution in [0.25, 0.3) is 11.4 Å². The number of rotatable bonds is 5. The molecule has 0 N–H and O–H groups in total. The normalized spacial score (nSPS) is 10.7. The Kier molecular flexibility index (Phi) is 5.07. The van der Waals surface area contributed by atoms with Gasteiger partial charge in [-0.15, -0.1) is 11.3 Å². The van der Waals surface area contributed by atoms with Crippen molar-refractivity contribution in [2.24, 2.45) is 0 Å².